The van der Waals surface area contributed by atoms with Crippen molar-refractivity contribution in [2.24, 2.45) is 11.8 Å². The fourth-order valence-electron chi connectivity index (χ4n) is 2.25. The zero-order chi connectivity index (χ0) is 17.6. The number of amides is 3. The van der Waals surface area contributed by atoms with E-state index in [2.05, 4.69) is 29.8 Å². The highest BCUT2D eigenvalue weighted by Crippen LogP contribution is 2.12. The molecule has 1 saturated heterocycles. The summed E-state index contributed by atoms with van der Waals surface area (Å²) in [6.07, 6.45) is 0.421. The molecule has 23 heavy (non-hydrogen) atoms. The molecule has 2 unspecified atom stereocenters. The Bertz CT molecular complexity index is 443. The van der Waals surface area contributed by atoms with Crippen LogP contribution in [0.3, 0.4) is 0 Å². The smallest absolute Gasteiger partial charge is 0.407 e. The molecule has 1 aliphatic heterocycles. The number of imide groups is 1. The van der Waals surface area contributed by atoms with Crippen molar-refractivity contribution in [1.29, 1.82) is 0 Å². The molecule has 3 amide bonds. The van der Waals surface area contributed by atoms with Gasteiger partial charge in [0, 0.05) is 19.5 Å². The number of carbonyl (C=O) groups excluding carboxylic acids is 3. The van der Waals surface area contributed by atoms with Crippen LogP contribution in [0.5, 0.6) is 0 Å². The van der Waals surface area contributed by atoms with Crippen LogP contribution in [0, 0.1) is 11.8 Å². The SMILES string of the molecule is CC(C)C(CNC(=O)OC(C)(C)C)CNC1CCC(=O)NC1=O. The highest BCUT2D eigenvalue weighted by Gasteiger charge is 2.27. The Balaban J connectivity index is 2.42. The highest BCUT2D eigenvalue weighted by molar-refractivity contribution is 6.00. The van der Waals surface area contributed by atoms with Gasteiger partial charge in [-0.15, -0.1) is 0 Å². The van der Waals surface area contributed by atoms with Gasteiger partial charge in [-0.2, -0.15) is 0 Å². The lowest BCUT2D eigenvalue weighted by molar-refractivity contribution is -0.134. The molecule has 2 atom stereocenters. The lowest BCUT2D eigenvalue weighted by atomic mass is 9.95. The molecule has 0 aromatic rings. The molecule has 1 fully saturated rings. The molecule has 0 aliphatic carbocycles. The van der Waals surface area contributed by atoms with E-state index in [1.807, 2.05) is 20.8 Å². The summed E-state index contributed by atoms with van der Waals surface area (Å²) in [5.41, 5.74) is -0.525. The fraction of sp³-hybridized carbons (Fsp3) is 0.812. The van der Waals surface area contributed by atoms with Crippen molar-refractivity contribution in [3.63, 3.8) is 0 Å². The molecule has 1 aliphatic rings. The Morgan fingerprint density at radius 2 is 1.96 bits per heavy atom. The molecule has 0 aromatic heterocycles. The van der Waals surface area contributed by atoms with Crippen molar-refractivity contribution in [1.82, 2.24) is 16.0 Å². The predicted octanol–water partition coefficient (Wildman–Crippen LogP) is 1.18. The van der Waals surface area contributed by atoms with Crippen LogP contribution >= 0.6 is 0 Å². The second kappa shape index (κ2) is 8.29. The minimum absolute atomic E-state index is 0.160. The zero-order valence-corrected chi connectivity index (χ0v) is 14.7. The van der Waals surface area contributed by atoms with E-state index in [1.54, 1.807) is 0 Å². The molecule has 0 radical (unpaired) electrons. The zero-order valence-electron chi connectivity index (χ0n) is 14.7. The van der Waals surface area contributed by atoms with E-state index in [1.165, 1.54) is 0 Å². The van der Waals surface area contributed by atoms with Gasteiger partial charge in [0.2, 0.25) is 11.8 Å². The van der Waals surface area contributed by atoms with E-state index in [-0.39, 0.29) is 23.8 Å². The van der Waals surface area contributed by atoms with Crippen LogP contribution in [-0.4, -0.2) is 42.6 Å². The molecule has 0 spiro atoms. The lowest BCUT2D eigenvalue weighted by Crippen LogP contribution is -2.52. The maximum absolute atomic E-state index is 11.7. The van der Waals surface area contributed by atoms with Gasteiger partial charge >= 0.3 is 6.09 Å². The number of carbonyl (C=O) groups is 3. The van der Waals surface area contributed by atoms with Crippen molar-refractivity contribution in [2.75, 3.05) is 13.1 Å². The summed E-state index contributed by atoms with van der Waals surface area (Å²) < 4.78 is 5.22. The van der Waals surface area contributed by atoms with Gasteiger partial charge in [-0.1, -0.05) is 13.8 Å². The minimum Gasteiger partial charge on any atom is -0.444 e. The molecule has 0 saturated carbocycles. The van der Waals surface area contributed by atoms with Crippen LogP contribution in [-0.2, 0) is 14.3 Å². The summed E-state index contributed by atoms with van der Waals surface area (Å²) in [5.74, 6) is -0.0115. The Labute approximate surface area is 137 Å². The highest BCUT2D eigenvalue weighted by atomic mass is 16.6. The normalized spacial score (nSPS) is 20.2. The molecular weight excluding hydrogens is 298 g/mol. The summed E-state index contributed by atoms with van der Waals surface area (Å²) in [5, 5.41) is 8.29. The first-order valence-corrected chi connectivity index (χ1v) is 8.12. The van der Waals surface area contributed by atoms with Crippen molar-refractivity contribution in [2.45, 2.75) is 59.1 Å². The van der Waals surface area contributed by atoms with E-state index >= 15 is 0 Å². The average Bonchev–Trinajstić information content (AvgIpc) is 2.38. The molecule has 1 heterocycles. The second-order valence-corrected chi connectivity index (χ2v) is 7.30. The monoisotopic (exact) mass is 327 g/mol. The van der Waals surface area contributed by atoms with Crippen LogP contribution in [0.15, 0.2) is 0 Å². The third-order valence-electron chi connectivity index (χ3n) is 3.72. The molecule has 132 valence electrons. The van der Waals surface area contributed by atoms with Crippen LogP contribution in [0.4, 0.5) is 4.79 Å². The maximum atomic E-state index is 11.7. The van der Waals surface area contributed by atoms with E-state index in [0.717, 1.165) is 0 Å². The standard InChI is InChI=1S/C16H29N3O4/c1-10(2)11(9-18-15(22)23-16(3,4)5)8-17-12-6-7-13(20)19-14(12)21/h10-12,17H,6-9H2,1-5H3,(H,18,22)(H,19,20,21). The number of rotatable bonds is 6. The van der Waals surface area contributed by atoms with Crippen LogP contribution < -0.4 is 16.0 Å². The van der Waals surface area contributed by atoms with E-state index in [0.29, 0.717) is 31.8 Å². The van der Waals surface area contributed by atoms with Gasteiger partial charge < -0.3 is 15.4 Å². The van der Waals surface area contributed by atoms with E-state index in [9.17, 15) is 14.4 Å². The Kier molecular flexibility index (Phi) is 7.00. The van der Waals surface area contributed by atoms with Gasteiger partial charge in [0.15, 0.2) is 0 Å². The van der Waals surface area contributed by atoms with Crippen molar-refractivity contribution >= 4 is 17.9 Å². The van der Waals surface area contributed by atoms with Gasteiger partial charge in [-0.3, -0.25) is 14.9 Å². The average molecular weight is 327 g/mol. The first kappa shape index (κ1) is 19.4. The molecule has 0 bridgehead atoms. The predicted molar refractivity (Wildman–Crippen MR) is 86.7 cm³/mol. The van der Waals surface area contributed by atoms with Gasteiger partial charge in [0.25, 0.3) is 0 Å². The third-order valence-corrected chi connectivity index (χ3v) is 3.72. The van der Waals surface area contributed by atoms with Crippen molar-refractivity contribution < 1.29 is 19.1 Å². The van der Waals surface area contributed by atoms with Crippen LogP contribution in [0.1, 0.15) is 47.5 Å². The Morgan fingerprint density at radius 3 is 2.48 bits per heavy atom. The number of hydrogen-bond acceptors (Lipinski definition) is 5. The van der Waals surface area contributed by atoms with E-state index < -0.39 is 11.7 Å². The van der Waals surface area contributed by atoms with E-state index in [4.69, 9.17) is 4.74 Å². The number of piperidine rings is 1. The van der Waals surface area contributed by atoms with Gasteiger partial charge in [-0.05, 0) is 39.0 Å². The quantitative estimate of drug-likeness (QED) is 0.637. The fourth-order valence-corrected chi connectivity index (χ4v) is 2.25. The number of nitrogens with one attached hydrogen (secondary N) is 3. The maximum Gasteiger partial charge on any atom is 0.407 e. The number of hydrogen-bond donors (Lipinski definition) is 3. The molecule has 7 heteroatoms. The van der Waals surface area contributed by atoms with Gasteiger partial charge in [0.05, 0.1) is 6.04 Å². The molecule has 7 nitrogen and oxygen atoms in total. The van der Waals surface area contributed by atoms with Crippen molar-refractivity contribution in [3.05, 3.63) is 0 Å². The third kappa shape index (κ3) is 7.45. The summed E-state index contributed by atoms with van der Waals surface area (Å²) >= 11 is 0. The van der Waals surface area contributed by atoms with Gasteiger partial charge in [-0.25, -0.2) is 4.79 Å². The molecule has 3 N–H and O–H groups in total. The summed E-state index contributed by atoms with van der Waals surface area (Å²) in [6.45, 7) is 10.6. The molecular formula is C16H29N3O4. The lowest BCUT2D eigenvalue weighted by Gasteiger charge is -2.27. The molecule has 0 aromatic carbocycles. The largest absolute Gasteiger partial charge is 0.444 e. The number of alkyl carbamates (subject to hydrolysis) is 1. The van der Waals surface area contributed by atoms with Crippen LogP contribution in [0.25, 0.3) is 0 Å². The van der Waals surface area contributed by atoms with Crippen LogP contribution in [0.2, 0.25) is 0 Å². The topological polar surface area (TPSA) is 96.5 Å². The first-order valence-electron chi connectivity index (χ1n) is 8.12. The first-order chi connectivity index (χ1) is 10.6. The Morgan fingerprint density at radius 1 is 1.30 bits per heavy atom. The van der Waals surface area contributed by atoms with Crippen molar-refractivity contribution in [3.8, 4) is 0 Å². The molecule has 1 rings (SSSR count). The Hall–Kier alpha value is -1.63. The minimum atomic E-state index is -0.525. The van der Waals surface area contributed by atoms with Gasteiger partial charge in [0.1, 0.15) is 5.60 Å². The number of ether oxygens (including phenoxy) is 1. The summed E-state index contributed by atoms with van der Waals surface area (Å²) in [4.78, 5) is 34.6. The second-order valence-electron chi connectivity index (χ2n) is 7.30. The summed E-state index contributed by atoms with van der Waals surface area (Å²) in [6, 6.07) is -0.351. The summed E-state index contributed by atoms with van der Waals surface area (Å²) in [7, 11) is 0.